The van der Waals surface area contributed by atoms with Gasteiger partial charge < -0.3 is 15.5 Å². The number of para-hydroxylation sites is 1. The van der Waals surface area contributed by atoms with Crippen LogP contribution in [0.4, 0.5) is 0 Å². The van der Waals surface area contributed by atoms with Crippen molar-refractivity contribution in [1.82, 2.24) is 25.2 Å². The van der Waals surface area contributed by atoms with Gasteiger partial charge in [0.05, 0.1) is 22.5 Å². The number of nitrogens with one attached hydrogen (secondary N) is 3. The molecule has 3 amide bonds. The molecule has 0 aliphatic carbocycles. The molecule has 2 aromatic rings. The zero-order valence-corrected chi connectivity index (χ0v) is 27.3. The fraction of sp³-hybridized carbons (Fsp3) is 0.633. The molecule has 43 heavy (non-hydrogen) atoms. The first kappa shape index (κ1) is 33.0. The molecule has 3 N–H and O–H groups in total. The maximum absolute atomic E-state index is 14.1. The van der Waals surface area contributed by atoms with Crippen LogP contribution in [-0.4, -0.2) is 79.3 Å². The minimum absolute atomic E-state index is 0.103. The van der Waals surface area contributed by atoms with E-state index in [1.54, 1.807) is 13.8 Å². The summed E-state index contributed by atoms with van der Waals surface area (Å²) >= 11 is 1.23. The molecule has 0 saturated carbocycles. The van der Waals surface area contributed by atoms with Crippen molar-refractivity contribution in [3.8, 4) is 0 Å². The van der Waals surface area contributed by atoms with Crippen LogP contribution in [0.25, 0.3) is 10.2 Å². The van der Waals surface area contributed by atoms with E-state index < -0.39 is 45.9 Å². The van der Waals surface area contributed by atoms with Crippen molar-refractivity contribution in [3.63, 3.8) is 0 Å². The van der Waals surface area contributed by atoms with Crippen LogP contribution in [0.15, 0.2) is 24.3 Å². The quantitative estimate of drug-likeness (QED) is 0.340. The third kappa shape index (κ3) is 7.98. The molecule has 2 aliphatic heterocycles. The third-order valence-corrected chi connectivity index (χ3v) is 10.2. The maximum Gasteiger partial charge on any atom is 0.243 e. The first-order valence-corrected chi connectivity index (χ1v) is 17.5. The van der Waals surface area contributed by atoms with E-state index in [4.69, 9.17) is 0 Å². The van der Waals surface area contributed by atoms with Crippen LogP contribution in [0, 0.1) is 23.2 Å². The Balaban J connectivity index is 1.65. The molecule has 3 heterocycles. The number of carbonyl (C=O) groups is 4. The molecule has 2 fully saturated rings. The highest BCUT2D eigenvalue weighted by atomic mass is 32.2. The van der Waals surface area contributed by atoms with Crippen LogP contribution in [0.3, 0.4) is 0 Å². The van der Waals surface area contributed by atoms with Gasteiger partial charge in [-0.25, -0.2) is 18.1 Å². The zero-order valence-electron chi connectivity index (χ0n) is 25.7. The van der Waals surface area contributed by atoms with Gasteiger partial charge in [-0.05, 0) is 55.1 Å². The van der Waals surface area contributed by atoms with Crippen LogP contribution in [0.5, 0.6) is 0 Å². The molecule has 13 heteroatoms. The number of nitrogens with zero attached hydrogens (tertiary/aromatic N) is 2. The smallest absolute Gasteiger partial charge is 0.243 e. The van der Waals surface area contributed by atoms with Crippen molar-refractivity contribution in [2.24, 2.45) is 23.2 Å². The Morgan fingerprint density at radius 2 is 1.86 bits per heavy atom. The van der Waals surface area contributed by atoms with Crippen LogP contribution in [0.1, 0.15) is 70.1 Å². The van der Waals surface area contributed by atoms with E-state index in [2.05, 4.69) is 41.1 Å². The summed E-state index contributed by atoms with van der Waals surface area (Å²) in [5.74, 6) is -2.22. The molecule has 236 valence electrons. The average molecular weight is 634 g/mol. The standard InChI is InChI=1S/C30H43N5O6S2/c1-17(2)24(34-43(6,40)41)29(39)35-14-12-19(30(3,4)5)16-22(35)27(38)32-21(15-18-11-13-31-26(18)37)25(36)28-33-20-9-7-8-10-23(20)42-28/h7-10,17-19,21-22,24,34H,11-16H2,1-6H3,(H,31,37)(H,32,38)/t18-,19?,21-,22?,24-/m0/s1. The number of ketones is 1. The van der Waals surface area contributed by atoms with Crippen molar-refractivity contribution >= 4 is 55.1 Å². The lowest BCUT2D eigenvalue weighted by Crippen LogP contribution is -2.61. The van der Waals surface area contributed by atoms with Gasteiger partial charge >= 0.3 is 0 Å². The summed E-state index contributed by atoms with van der Waals surface area (Å²) < 4.78 is 27.5. The second kappa shape index (κ2) is 13.0. The first-order valence-electron chi connectivity index (χ1n) is 14.8. The molecule has 2 unspecified atom stereocenters. The maximum atomic E-state index is 14.1. The molecular formula is C30H43N5O6S2. The highest BCUT2D eigenvalue weighted by Crippen LogP contribution is 2.37. The topological polar surface area (TPSA) is 155 Å². The summed E-state index contributed by atoms with van der Waals surface area (Å²) in [5.41, 5.74) is 0.531. The van der Waals surface area contributed by atoms with Crippen molar-refractivity contribution in [1.29, 1.82) is 0 Å². The number of hydrogen-bond donors (Lipinski definition) is 3. The lowest BCUT2D eigenvalue weighted by Gasteiger charge is -2.44. The number of carbonyl (C=O) groups excluding carboxylic acids is 4. The Kier molecular flexibility index (Phi) is 9.97. The Bertz CT molecular complexity index is 1450. The minimum Gasteiger partial charge on any atom is -0.356 e. The number of sulfonamides is 1. The number of fused-ring (bicyclic) bond motifs is 1. The van der Waals surface area contributed by atoms with Gasteiger partial charge in [0.15, 0.2) is 5.01 Å². The van der Waals surface area contributed by atoms with Gasteiger partial charge in [0, 0.05) is 19.0 Å². The number of Topliss-reactive ketones (excluding diaryl/α,β-unsaturated/α-hetero) is 1. The summed E-state index contributed by atoms with van der Waals surface area (Å²) in [6.07, 6.45) is 2.67. The fourth-order valence-electron chi connectivity index (χ4n) is 5.93. The normalized spacial score (nSPS) is 22.8. The van der Waals surface area contributed by atoms with Crippen molar-refractivity contribution in [2.75, 3.05) is 19.3 Å². The van der Waals surface area contributed by atoms with E-state index in [9.17, 15) is 27.6 Å². The molecule has 2 aliphatic rings. The molecule has 0 spiro atoms. The van der Waals surface area contributed by atoms with Crippen molar-refractivity contribution in [3.05, 3.63) is 29.3 Å². The second-order valence-corrected chi connectivity index (χ2v) is 16.0. The van der Waals surface area contributed by atoms with Gasteiger partial charge in [0.2, 0.25) is 33.5 Å². The van der Waals surface area contributed by atoms with E-state index in [1.807, 2.05) is 24.3 Å². The Morgan fingerprint density at radius 1 is 1.16 bits per heavy atom. The van der Waals surface area contributed by atoms with E-state index in [0.29, 0.717) is 31.3 Å². The highest BCUT2D eigenvalue weighted by Gasteiger charge is 2.44. The lowest BCUT2D eigenvalue weighted by atomic mass is 9.73. The van der Waals surface area contributed by atoms with Crippen molar-refractivity contribution < 1.29 is 27.6 Å². The summed E-state index contributed by atoms with van der Waals surface area (Å²) in [7, 11) is -3.70. The molecule has 0 bridgehead atoms. The summed E-state index contributed by atoms with van der Waals surface area (Å²) in [4.78, 5) is 60.3. The van der Waals surface area contributed by atoms with Crippen LogP contribution >= 0.6 is 11.3 Å². The number of amides is 3. The van der Waals surface area contributed by atoms with E-state index >= 15 is 0 Å². The molecule has 0 radical (unpaired) electrons. The van der Waals surface area contributed by atoms with Gasteiger partial charge in [-0.15, -0.1) is 11.3 Å². The number of thiazole rings is 1. The van der Waals surface area contributed by atoms with Gasteiger partial charge in [-0.2, -0.15) is 0 Å². The molecule has 1 aromatic carbocycles. The number of benzene rings is 1. The average Bonchev–Trinajstić information content (AvgIpc) is 3.54. The summed E-state index contributed by atoms with van der Waals surface area (Å²) in [5, 5.41) is 5.95. The monoisotopic (exact) mass is 633 g/mol. The zero-order chi connectivity index (χ0) is 31.7. The largest absolute Gasteiger partial charge is 0.356 e. The lowest BCUT2D eigenvalue weighted by molar-refractivity contribution is -0.146. The Labute approximate surface area is 257 Å². The summed E-state index contributed by atoms with van der Waals surface area (Å²) in [6.45, 7) is 10.5. The molecule has 2 saturated heterocycles. The van der Waals surface area contributed by atoms with Gasteiger partial charge in [0.25, 0.3) is 0 Å². The highest BCUT2D eigenvalue weighted by molar-refractivity contribution is 7.88. The van der Waals surface area contributed by atoms with Crippen LogP contribution < -0.4 is 15.4 Å². The molecule has 4 rings (SSSR count). The predicted molar refractivity (Wildman–Crippen MR) is 166 cm³/mol. The van der Waals surface area contributed by atoms with E-state index in [1.165, 1.54) is 16.2 Å². The summed E-state index contributed by atoms with van der Waals surface area (Å²) in [6, 6.07) is 4.39. The third-order valence-electron chi connectivity index (χ3n) is 8.51. The molecule has 1 aromatic heterocycles. The molecular weight excluding hydrogens is 590 g/mol. The second-order valence-electron chi connectivity index (χ2n) is 13.2. The minimum atomic E-state index is -3.70. The number of rotatable bonds is 10. The Hall–Kier alpha value is -2.90. The van der Waals surface area contributed by atoms with Crippen molar-refractivity contribution in [2.45, 2.75) is 78.4 Å². The Morgan fingerprint density at radius 3 is 2.44 bits per heavy atom. The SMILES string of the molecule is CC(C)[C@H](NS(C)(=O)=O)C(=O)N1CCC(C(C)(C)C)CC1C(=O)N[C@@H](C[C@@H]1CCNC1=O)C(=O)c1nc2ccccc2s1. The van der Waals surface area contributed by atoms with Crippen LogP contribution in [0.2, 0.25) is 0 Å². The first-order chi connectivity index (χ1) is 20.0. The van der Waals surface area contributed by atoms with Gasteiger partial charge in [-0.1, -0.05) is 46.8 Å². The number of hydrogen-bond acceptors (Lipinski definition) is 8. The number of likely N-dealkylation sites (tertiary alicyclic amines) is 1. The number of piperidine rings is 1. The fourth-order valence-corrected chi connectivity index (χ4v) is 7.72. The van der Waals surface area contributed by atoms with E-state index in [0.717, 1.165) is 11.0 Å². The number of aromatic nitrogens is 1. The van der Waals surface area contributed by atoms with Gasteiger partial charge in [-0.3, -0.25) is 19.2 Å². The van der Waals surface area contributed by atoms with Gasteiger partial charge in [0.1, 0.15) is 12.1 Å². The van der Waals surface area contributed by atoms with E-state index in [-0.39, 0.29) is 46.9 Å². The molecule has 5 atom stereocenters. The predicted octanol–water partition coefficient (Wildman–Crippen LogP) is 2.72. The van der Waals surface area contributed by atoms with Crippen LogP contribution in [-0.2, 0) is 24.4 Å². The molecule has 11 nitrogen and oxygen atoms in total.